The predicted octanol–water partition coefficient (Wildman–Crippen LogP) is 4.76. The van der Waals surface area contributed by atoms with E-state index in [4.69, 9.17) is 9.47 Å². The molecule has 0 aromatic heterocycles. The zero-order valence-corrected chi connectivity index (χ0v) is 16.6. The Hall–Kier alpha value is -1.36. The number of likely N-dealkylation sites (N-methyl/N-ethyl adjacent to an activating group) is 1. The van der Waals surface area contributed by atoms with Crippen LogP contribution in [0.2, 0.25) is 0 Å². The Balaban J connectivity index is 1.70. The Morgan fingerprint density at radius 3 is 3.00 bits per heavy atom. The molecule has 1 heterocycles. The molecule has 0 aliphatic carbocycles. The van der Waals surface area contributed by atoms with Crippen LogP contribution in [0, 0.1) is 5.92 Å². The molecule has 4 nitrogen and oxygen atoms in total. The first kappa shape index (κ1) is 20.0. The number of hydrogen-bond acceptors (Lipinski definition) is 5. The van der Waals surface area contributed by atoms with E-state index in [1.165, 1.54) is 12.8 Å². The Kier molecular flexibility index (Phi) is 8.45. The minimum absolute atomic E-state index is 0.0867. The number of ether oxygens (including phenoxy) is 2. The molecule has 0 spiro atoms. The lowest BCUT2D eigenvalue weighted by atomic mass is 10.0. The van der Waals surface area contributed by atoms with E-state index in [9.17, 15) is 4.79 Å². The third-order valence-electron chi connectivity index (χ3n) is 4.62. The summed E-state index contributed by atoms with van der Waals surface area (Å²) in [5.41, 5.74) is 1.13. The first-order chi connectivity index (χ1) is 12.1. The SMILES string of the molecule is CCCCC(CC)COC(=O)CCSc1ccc2c(c1)OCCN2C. The summed E-state index contributed by atoms with van der Waals surface area (Å²) >= 11 is 1.68. The fourth-order valence-corrected chi connectivity index (χ4v) is 3.72. The van der Waals surface area contributed by atoms with E-state index >= 15 is 0 Å². The molecule has 25 heavy (non-hydrogen) atoms. The fraction of sp³-hybridized carbons (Fsp3) is 0.650. The Morgan fingerprint density at radius 1 is 1.40 bits per heavy atom. The second kappa shape index (κ2) is 10.6. The van der Waals surface area contributed by atoms with E-state index in [1.807, 2.05) is 0 Å². The van der Waals surface area contributed by atoms with Gasteiger partial charge in [0.2, 0.25) is 0 Å². The number of fused-ring (bicyclic) bond motifs is 1. The molecule has 0 saturated heterocycles. The van der Waals surface area contributed by atoms with Gasteiger partial charge in [0.1, 0.15) is 12.4 Å². The number of anilines is 1. The zero-order chi connectivity index (χ0) is 18.1. The lowest BCUT2D eigenvalue weighted by Gasteiger charge is -2.27. The summed E-state index contributed by atoms with van der Waals surface area (Å²) in [5, 5.41) is 0. The van der Waals surface area contributed by atoms with Gasteiger partial charge in [-0.05, 0) is 30.5 Å². The minimum Gasteiger partial charge on any atom is -0.490 e. The standard InChI is InChI=1S/C20H31NO3S/c1-4-6-7-16(5-2)15-24-20(22)10-13-25-17-8-9-18-19(14-17)23-12-11-21(18)3/h8-9,14,16H,4-7,10-13,15H2,1-3H3. The molecule has 1 aromatic carbocycles. The van der Waals surface area contributed by atoms with Gasteiger partial charge in [0, 0.05) is 17.7 Å². The van der Waals surface area contributed by atoms with Gasteiger partial charge in [0.15, 0.2) is 0 Å². The Labute approximate surface area is 156 Å². The molecule has 2 rings (SSSR count). The highest BCUT2D eigenvalue weighted by Crippen LogP contribution is 2.34. The first-order valence-electron chi connectivity index (χ1n) is 9.40. The highest BCUT2D eigenvalue weighted by molar-refractivity contribution is 7.99. The lowest BCUT2D eigenvalue weighted by molar-refractivity contribution is -0.144. The molecule has 0 radical (unpaired) electrons. The van der Waals surface area contributed by atoms with E-state index in [0.717, 1.165) is 48.1 Å². The average Bonchev–Trinajstić information content (AvgIpc) is 2.62. The van der Waals surface area contributed by atoms with Gasteiger partial charge in [-0.2, -0.15) is 0 Å². The highest BCUT2D eigenvalue weighted by Gasteiger charge is 2.15. The van der Waals surface area contributed by atoms with E-state index in [-0.39, 0.29) is 5.97 Å². The normalized spacial score (nSPS) is 14.6. The number of carbonyl (C=O) groups excluding carboxylic acids is 1. The molecule has 0 N–H and O–H groups in total. The van der Waals surface area contributed by atoms with E-state index in [2.05, 4.69) is 44.0 Å². The molecule has 0 saturated carbocycles. The van der Waals surface area contributed by atoms with Crippen LogP contribution in [0.4, 0.5) is 5.69 Å². The van der Waals surface area contributed by atoms with Crippen LogP contribution >= 0.6 is 11.8 Å². The molecule has 1 aromatic rings. The molecular formula is C20H31NO3S. The van der Waals surface area contributed by atoms with Crippen molar-refractivity contribution in [3.8, 4) is 5.75 Å². The van der Waals surface area contributed by atoms with Gasteiger partial charge >= 0.3 is 5.97 Å². The van der Waals surface area contributed by atoms with Crippen molar-refractivity contribution in [3.05, 3.63) is 18.2 Å². The molecule has 1 atom stereocenters. The van der Waals surface area contributed by atoms with Crippen LogP contribution in [0.3, 0.4) is 0 Å². The molecule has 1 unspecified atom stereocenters. The van der Waals surface area contributed by atoms with Gasteiger partial charge in [-0.15, -0.1) is 11.8 Å². The maximum Gasteiger partial charge on any atom is 0.306 e. The number of thioether (sulfide) groups is 1. The number of unbranched alkanes of at least 4 members (excludes halogenated alkanes) is 1. The smallest absolute Gasteiger partial charge is 0.306 e. The van der Waals surface area contributed by atoms with E-state index in [1.54, 1.807) is 11.8 Å². The van der Waals surface area contributed by atoms with Crippen LogP contribution < -0.4 is 9.64 Å². The Bertz CT molecular complexity index is 550. The number of nitrogens with zero attached hydrogens (tertiary/aromatic N) is 1. The summed E-state index contributed by atoms with van der Waals surface area (Å²) in [4.78, 5) is 15.3. The van der Waals surface area contributed by atoms with Crippen molar-refractivity contribution in [2.75, 3.05) is 37.5 Å². The van der Waals surface area contributed by atoms with Gasteiger partial charge in [-0.25, -0.2) is 0 Å². The molecule has 1 aliphatic rings. The largest absolute Gasteiger partial charge is 0.490 e. The van der Waals surface area contributed by atoms with Crippen LogP contribution in [0.25, 0.3) is 0 Å². The first-order valence-corrected chi connectivity index (χ1v) is 10.4. The van der Waals surface area contributed by atoms with Crippen molar-refractivity contribution in [3.63, 3.8) is 0 Å². The van der Waals surface area contributed by atoms with Crippen molar-refractivity contribution in [1.29, 1.82) is 0 Å². The van der Waals surface area contributed by atoms with Crippen molar-refractivity contribution in [2.45, 2.75) is 50.8 Å². The molecule has 5 heteroatoms. The monoisotopic (exact) mass is 365 g/mol. The molecule has 0 fully saturated rings. The molecular weight excluding hydrogens is 334 g/mol. The average molecular weight is 366 g/mol. The second-order valence-corrected chi connectivity index (χ2v) is 7.77. The number of rotatable bonds is 10. The maximum atomic E-state index is 11.9. The third-order valence-corrected chi connectivity index (χ3v) is 5.62. The summed E-state index contributed by atoms with van der Waals surface area (Å²) in [6, 6.07) is 6.26. The summed E-state index contributed by atoms with van der Waals surface area (Å²) in [5.74, 6) is 2.09. The number of esters is 1. The summed E-state index contributed by atoms with van der Waals surface area (Å²) < 4.78 is 11.2. The van der Waals surface area contributed by atoms with Crippen molar-refractivity contribution in [1.82, 2.24) is 0 Å². The zero-order valence-electron chi connectivity index (χ0n) is 15.8. The van der Waals surface area contributed by atoms with Gasteiger partial charge < -0.3 is 14.4 Å². The second-order valence-electron chi connectivity index (χ2n) is 6.60. The lowest BCUT2D eigenvalue weighted by Crippen LogP contribution is -2.28. The maximum absolute atomic E-state index is 11.9. The summed E-state index contributed by atoms with van der Waals surface area (Å²) in [7, 11) is 2.08. The third kappa shape index (κ3) is 6.46. The molecule has 0 bridgehead atoms. The van der Waals surface area contributed by atoms with Gasteiger partial charge in [-0.3, -0.25) is 4.79 Å². The molecule has 1 aliphatic heterocycles. The van der Waals surface area contributed by atoms with Crippen LogP contribution in [-0.2, 0) is 9.53 Å². The number of benzene rings is 1. The molecule has 0 amide bonds. The van der Waals surface area contributed by atoms with Gasteiger partial charge in [-0.1, -0.05) is 33.1 Å². The molecule has 140 valence electrons. The number of hydrogen-bond donors (Lipinski definition) is 0. The van der Waals surface area contributed by atoms with Crippen LogP contribution in [-0.4, -0.2) is 38.5 Å². The van der Waals surface area contributed by atoms with Crippen molar-refractivity contribution < 1.29 is 14.3 Å². The highest BCUT2D eigenvalue weighted by atomic mass is 32.2. The van der Waals surface area contributed by atoms with E-state index in [0.29, 0.717) is 18.9 Å². The van der Waals surface area contributed by atoms with Crippen LogP contribution in [0.15, 0.2) is 23.1 Å². The van der Waals surface area contributed by atoms with Crippen LogP contribution in [0.5, 0.6) is 5.75 Å². The quantitative estimate of drug-likeness (QED) is 0.442. The van der Waals surface area contributed by atoms with E-state index < -0.39 is 0 Å². The van der Waals surface area contributed by atoms with Crippen molar-refractivity contribution in [2.24, 2.45) is 5.92 Å². The van der Waals surface area contributed by atoms with Gasteiger partial charge in [0.25, 0.3) is 0 Å². The summed E-state index contributed by atoms with van der Waals surface area (Å²) in [6.07, 6.45) is 5.08. The fourth-order valence-electron chi connectivity index (χ4n) is 2.86. The topological polar surface area (TPSA) is 38.8 Å². The van der Waals surface area contributed by atoms with Gasteiger partial charge in [0.05, 0.1) is 25.3 Å². The van der Waals surface area contributed by atoms with Crippen molar-refractivity contribution >= 4 is 23.4 Å². The minimum atomic E-state index is -0.0867. The Morgan fingerprint density at radius 2 is 2.24 bits per heavy atom. The summed E-state index contributed by atoms with van der Waals surface area (Å²) in [6.45, 7) is 6.57. The van der Waals surface area contributed by atoms with Crippen LogP contribution in [0.1, 0.15) is 46.0 Å². The number of carbonyl (C=O) groups is 1. The predicted molar refractivity (Wildman–Crippen MR) is 105 cm³/mol.